The van der Waals surface area contributed by atoms with Crippen molar-refractivity contribution in [2.45, 2.75) is 25.3 Å². The van der Waals surface area contributed by atoms with Crippen LogP contribution in [0.15, 0.2) is 6.20 Å². The molecule has 1 N–H and O–H groups in total. The maximum atomic E-state index is 11.3. The zero-order valence-corrected chi connectivity index (χ0v) is 10.2. The lowest BCUT2D eigenvalue weighted by molar-refractivity contribution is -0.384. The number of hydrogen-bond acceptors (Lipinski definition) is 5. The van der Waals surface area contributed by atoms with Crippen LogP contribution in [0, 0.1) is 10.1 Å². The fourth-order valence-corrected chi connectivity index (χ4v) is 2.31. The fourth-order valence-electron chi connectivity index (χ4n) is 2.31. The molecule has 0 spiro atoms. The second kappa shape index (κ2) is 3.97. The number of aryl methyl sites for hydroxylation is 1. The Balaban J connectivity index is 2.48. The molecule has 2 heterocycles. The predicted octanol–water partition coefficient (Wildman–Crippen LogP) is 0.772. The zero-order chi connectivity index (χ0) is 13.5. The molecule has 0 amide bonds. The minimum atomic E-state index is -1.13. The number of carboxylic acid groups (broad SMARTS) is 1. The molecule has 1 aliphatic rings. The molecule has 18 heavy (non-hydrogen) atoms. The number of aromatic nitrogens is 2. The van der Waals surface area contributed by atoms with E-state index >= 15 is 0 Å². The Morgan fingerprint density at radius 1 is 1.67 bits per heavy atom. The van der Waals surface area contributed by atoms with E-state index in [1.807, 2.05) is 0 Å². The molecular weight excluding hydrogens is 240 g/mol. The number of carbonyl (C=O) groups is 1. The molecule has 1 unspecified atom stereocenters. The largest absolute Gasteiger partial charge is 0.480 e. The summed E-state index contributed by atoms with van der Waals surface area (Å²) in [7, 11) is 1.57. The smallest absolute Gasteiger partial charge is 0.330 e. The number of nitrogens with zero attached hydrogens (tertiary/aromatic N) is 4. The number of aliphatic carboxylic acids is 1. The molecule has 1 aromatic heterocycles. The summed E-state index contributed by atoms with van der Waals surface area (Å²) in [6, 6.07) is 0. The molecule has 1 aliphatic heterocycles. The third-order valence-electron chi connectivity index (χ3n) is 3.34. The number of nitro groups is 1. The minimum Gasteiger partial charge on any atom is -0.480 e. The van der Waals surface area contributed by atoms with Gasteiger partial charge in [0.25, 0.3) is 0 Å². The summed E-state index contributed by atoms with van der Waals surface area (Å²) in [5, 5.41) is 24.3. The van der Waals surface area contributed by atoms with Crippen LogP contribution >= 0.6 is 0 Å². The molecule has 8 nitrogen and oxygen atoms in total. The van der Waals surface area contributed by atoms with Crippen LogP contribution in [-0.2, 0) is 11.8 Å². The molecule has 1 saturated heterocycles. The molecule has 0 bridgehead atoms. The van der Waals surface area contributed by atoms with Crippen molar-refractivity contribution in [1.29, 1.82) is 0 Å². The summed E-state index contributed by atoms with van der Waals surface area (Å²) in [5.41, 5.74) is -1.29. The van der Waals surface area contributed by atoms with Crippen molar-refractivity contribution in [3.05, 3.63) is 16.3 Å². The lowest BCUT2D eigenvalue weighted by atomic mass is 9.99. The van der Waals surface area contributed by atoms with Crippen molar-refractivity contribution < 1.29 is 14.8 Å². The van der Waals surface area contributed by atoms with Gasteiger partial charge in [-0.3, -0.25) is 14.8 Å². The fraction of sp³-hybridized carbons (Fsp3) is 0.600. The molecule has 1 atom stereocenters. The van der Waals surface area contributed by atoms with E-state index in [1.54, 1.807) is 14.0 Å². The van der Waals surface area contributed by atoms with Crippen molar-refractivity contribution in [3.63, 3.8) is 0 Å². The minimum absolute atomic E-state index is 0.130. The molecule has 1 fully saturated rings. The van der Waals surface area contributed by atoms with Crippen LogP contribution in [0.5, 0.6) is 0 Å². The quantitative estimate of drug-likeness (QED) is 0.631. The molecule has 0 aliphatic carbocycles. The van der Waals surface area contributed by atoms with Gasteiger partial charge in [0.1, 0.15) is 11.7 Å². The van der Waals surface area contributed by atoms with Crippen LogP contribution in [0.1, 0.15) is 19.8 Å². The number of carboxylic acids is 1. The highest BCUT2D eigenvalue weighted by molar-refractivity contribution is 5.84. The van der Waals surface area contributed by atoms with Gasteiger partial charge in [-0.1, -0.05) is 0 Å². The van der Waals surface area contributed by atoms with Gasteiger partial charge in [-0.05, 0) is 19.8 Å². The van der Waals surface area contributed by atoms with Gasteiger partial charge in [0, 0.05) is 13.6 Å². The summed E-state index contributed by atoms with van der Waals surface area (Å²) >= 11 is 0. The van der Waals surface area contributed by atoms with Crippen molar-refractivity contribution in [2.24, 2.45) is 7.05 Å². The molecular formula is C10H14N4O4. The summed E-state index contributed by atoms with van der Waals surface area (Å²) in [5.74, 6) is -0.857. The normalized spacial score (nSPS) is 23.3. The third-order valence-corrected chi connectivity index (χ3v) is 3.34. The van der Waals surface area contributed by atoms with Gasteiger partial charge in [0.15, 0.2) is 0 Å². The lowest BCUT2D eigenvalue weighted by Crippen LogP contribution is -2.48. The topological polar surface area (TPSA) is 102 Å². The molecule has 98 valence electrons. The first-order valence-corrected chi connectivity index (χ1v) is 5.55. The second-order valence-corrected chi connectivity index (χ2v) is 4.60. The van der Waals surface area contributed by atoms with Crippen LogP contribution < -0.4 is 4.90 Å². The van der Waals surface area contributed by atoms with E-state index in [0.29, 0.717) is 19.4 Å². The maximum absolute atomic E-state index is 11.3. The number of hydrogen-bond donors (Lipinski definition) is 1. The van der Waals surface area contributed by atoms with E-state index in [9.17, 15) is 20.0 Å². The number of rotatable bonds is 3. The Kier molecular flexibility index (Phi) is 2.72. The van der Waals surface area contributed by atoms with E-state index in [-0.39, 0.29) is 11.5 Å². The molecule has 1 aromatic rings. The summed E-state index contributed by atoms with van der Waals surface area (Å²) in [6.45, 7) is 2.03. The van der Waals surface area contributed by atoms with Crippen LogP contribution in [-0.4, -0.2) is 37.9 Å². The van der Waals surface area contributed by atoms with Crippen molar-refractivity contribution in [2.75, 3.05) is 11.4 Å². The van der Waals surface area contributed by atoms with E-state index in [4.69, 9.17) is 0 Å². The zero-order valence-electron chi connectivity index (χ0n) is 10.2. The van der Waals surface area contributed by atoms with E-state index in [1.165, 1.54) is 15.8 Å². The van der Waals surface area contributed by atoms with Gasteiger partial charge in [0.2, 0.25) is 5.82 Å². The first-order valence-electron chi connectivity index (χ1n) is 5.55. The summed E-state index contributed by atoms with van der Waals surface area (Å²) in [6.07, 6.45) is 2.42. The Labute approximate surface area is 103 Å². The third kappa shape index (κ3) is 1.69. The Bertz CT molecular complexity index is 512. The average Bonchev–Trinajstić information content (AvgIpc) is 2.82. The second-order valence-electron chi connectivity index (χ2n) is 4.60. The van der Waals surface area contributed by atoms with E-state index in [2.05, 4.69) is 5.10 Å². The van der Waals surface area contributed by atoms with Crippen LogP contribution in [0.4, 0.5) is 11.5 Å². The summed E-state index contributed by atoms with van der Waals surface area (Å²) in [4.78, 5) is 23.3. The van der Waals surface area contributed by atoms with Crippen molar-refractivity contribution >= 4 is 17.5 Å². The molecule has 0 aromatic carbocycles. The Morgan fingerprint density at radius 2 is 2.33 bits per heavy atom. The summed E-state index contributed by atoms with van der Waals surface area (Å²) < 4.78 is 1.33. The lowest BCUT2D eigenvalue weighted by Gasteiger charge is -2.30. The standard InChI is InChI=1S/C10H14N4O4/c1-10(9(15)16)4-3-5-13(10)8-7(14(17)18)6-12(2)11-8/h6H,3-5H2,1-2H3,(H,15,16). The highest BCUT2D eigenvalue weighted by Gasteiger charge is 2.46. The first kappa shape index (κ1) is 12.3. The van der Waals surface area contributed by atoms with Gasteiger partial charge in [-0.2, -0.15) is 0 Å². The Hall–Kier alpha value is -2.12. The van der Waals surface area contributed by atoms with Crippen molar-refractivity contribution in [3.8, 4) is 0 Å². The van der Waals surface area contributed by atoms with E-state index in [0.717, 1.165) is 0 Å². The van der Waals surface area contributed by atoms with Gasteiger partial charge >= 0.3 is 11.7 Å². The highest BCUT2D eigenvalue weighted by Crippen LogP contribution is 2.37. The van der Waals surface area contributed by atoms with Gasteiger partial charge in [-0.15, -0.1) is 5.10 Å². The SMILES string of the molecule is Cn1cc([N+](=O)[O-])c(N2CCCC2(C)C(=O)O)n1. The highest BCUT2D eigenvalue weighted by atomic mass is 16.6. The first-order chi connectivity index (χ1) is 8.36. The average molecular weight is 254 g/mol. The molecule has 2 rings (SSSR count). The van der Waals surface area contributed by atoms with Crippen LogP contribution in [0.3, 0.4) is 0 Å². The molecule has 0 radical (unpaired) electrons. The van der Waals surface area contributed by atoms with Gasteiger partial charge < -0.3 is 10.0 Å². The van der Waals surface area contributed by atoms with Crippen LogP contribution in [0.25, 0.3) is 0 Å². The Morgan fingerprint density at radius 3 is 2.89 bits per heavy atom. The molecule has 8 heteroatoms. The monoisotopic (exact) mass is 254 g/mol. The molecule has 0 saturated carbocycles. The maximum Gasteiger partial charge on any atom is 0.330 e. The number of anilines is 1. The van der Waals surface area contributed by atoms with Crippen molar-refractivity contribution in [1.82, 2.24) is 9.78 Å². The predicted molar refractivity (Wildman–Crippen MR) is 62.5 cm³/mol. The van der Waals surface area contributed by atoms with Gasteiger partial charge in [0.05, 0.1) is 4.92 Å². The van der Waals surface area contributed by atoms with Gasteiger partial charge in [-0.25, -0.2) is 4.79 Å². The van der Waals surface area contributed by atoms with E-state index < -0.39 is 16.4 Å². The van der Waals surface area contributed by atoms with Crippen LogP contribution in [0.2, 0.25) is 0 Å².